The molecule has 3 nitrogen and oxygen atoms in total. The zero-order valence-electron chi connectivity index (χ0n) is 8.36. The van der Waals surface area contributed by atoms with Crippen molar-refractivity contribution in [1.29, 1.82) is 0 Å². The Morgan fingerprint density at radius 2 is 2.14 bits per heavy atom. The lowest BCUT2D eigenvalue weighted by Gasteiger charge is -2.19. The van der Waals surface area contributed by atoms with Gasteiger partial charge in [0.1, 0.15) is 11.4 Å². The largest absolute Gasteiger partial charge is 0.493 e. The Kier molecular flexibility index (Phi) is 3.25. The third-order valence-corrected chi connectivity index (χ3v) is 1.96. The van der Waals surface area contributed by atoms with Crippen LogP contribution in [0.1, 0.15) is 19.4 Å². The molecule has 1 aromatic rings. The van der Waals surface area contributed by atoms with Crippen LogP contribution in [0.25, 0.3) is 0 Å². The van der Waals surface area contributed by atoms with E-state index in [0.717, 1.165) is 0 Å². The van der Waals surface area contributed by atoms with E-state index in [0.29, 0.717) is 24.2 Å². The molecule has 0 saturated heterocycles. The zero-order chi connectivity index (χ0) is 10.6. The van der Waals surface area contributed by atoms with Crippen LogP contribution < -0.4 is 4.74 Å². The summed E-state index contributed by atoms with van der Waals surface area (Å²) in [7, 11) is 0. The number of para-hydroxylation sites is 1. The summed E-state index contributed by atoms with van der Waals surface area (Å²) in [5.74, 6) is 0.548. The molecular formula is C11H14O3. The topological polar surface area (TPSA) is 46.5 Å². The van der Waals surface area contributed by atoms with Crippen molar-refractivity contribution in [2.75, 3.05) is 6.61 Å². The first-order valence-electron chi connectivity index (χ1n) is 4.53. The van der Waals surface area contributed by atoms with Gasteiger partial charge in [-0.3, -0.25) is 4.79 Å². The van der Waals surface area contributed by atoms with Gasteiger partial charge in [0.15, 0.2) is 6.29 Å². The normalized spacial score (nSPS) is 14.5. The molecule has 0 fully saturated rings. The molecular weight excluding hydrogens is 180 g/mol. The van der Waals surface area contributed by atoms with Gasteiger partial charge in [-0.25, -0.2) is 0 Å². The average Bonchev–Trinajstić information content (AvgIpc) is 2.19. The maximum Gasteiger partial charge on any atom is 0.155 e. The second-order valence-electron chi connectivity index (χ2n) is 3.19. The highest BCUT2D eigenvalue weighted by atomic mass is 16.5. The number of carbonyl (C=O) groups excluding carboxylic acids is 1. The Labute approximate surface area is 83.3 Å². The summed E-state index contributed by atoms with van der Waals surface area (Å²) in [6.07, 6.45) is 0.505. The molecule has 0 bridgehead atoms. The van der Waals surface area contributed by atoms with Gasteiger partial charge in [-0.2, -0.15) is 0 Å². The van der Waals surface area contributed by atoms with Crippen LogP contribution in [-0.2, 0) is 10.4 Å². The minimum Gasteiger partial charge on any atom is -0.493 e. The fraction of sp³-hybridized carbons (Fsp3) is 0.364. The first-order chi connectivity index (χ1) is 6.61. The SMILES string of the molecule is CCOc1ccccc1C(C)(O)C=O. The summed E-state index contributed by atoms with van der Waals surface area (Å²) in [5.41, 5.74) is -0.983. The Balaban J connectivity index is 3.12. The van der Waals surface area contributed by atoms with Crippen molar-refractivity contribution >= 4 is 6.29 Å². The van der Waals surface area contributed by atoms with Gasteiger partial charge in [-0.1, -0.05) is 18.2 Å². The van der Waals surface area contributed by atoms with Gasteiger partial charge in [-0.15, -0.1) is 0 Å². The molecule has 1 aromatic carbocycles. The molecule has 0 aliphatic heterocycles. The minimum atomic E-state index is -1.48. The summed E-state index contributed by atoms with van der Waals surface area (Å²) < 4.78 is 5.31. The lowest BCUT2D eigenvalue weighted by Crippen LogP contribution is -2.23. The molecule has 76 valence electrons. The number of aldehydes is 1. The first-order valence-corrected chi connectivity index (χ1v) is 4.53. The van der Waals surface area contributed by atoms with Gasteiger partial charge in [0.2, 0.25) is 0 Å². The van der Waals surface area contributed by atoms with Crippen LogP contribution in [0.3, 0.4) is 0 Å². The standard InChI is InChI=1S/C11H14O3/c1-3-14-10-7-5-4-6-9(10)11(2,13)8-12/h4-8,13H,3H2,1-2H3. The van der Waals surface area contributed by atoms with Crippen molar-refractivity contribution in [2.45, 2.75) is 19.4 Å². The highest BCUT2D eigenvalue weighted by Gasteiger charge is 2.25. The van der Waals surface area contributed by atoms with E-state index in [4.69, 9.17) is 4.74 Å². The van der Waals surface area contributed by atoms with Crippen LogP contribution in [0.15, 0.2) is 24.3 Å². The maximum atomic E-state index is 10.7. The molecule has 0 spiro atoms. The second kappa shape index (κ2) is 4.24. The Morgan fingerprint density at radius 1 is 1.50 bits per heavy atom. The van der Waals surface area contributed by atoms with Crippen molar-refractivity contribution < 1.29 is 14.6 Å². The van der Waals surface area contributed by atoms with Gasteiger partial charge in [0.25, 0.3) is 0 Å². The monoisotopic (exact) mass is 194 g/mol. The van der Waals surface area contributed by atoms with Gasteiger partial charge >= 0.3 is 0 Å². The van der Waals surface area contributed by atoms with Gasteiger partial charge < -0.3 is 9.84 Å². The van der Waals surface area contributed by atoms with Crippen molar-refractivity contribution in [3.05, 3.63) is 29.8 Å². The molecule has 0 heterocycles. The van der Waals surface area contributed by atoms with Gasteiger partial charge in [0.05, 0.1) is 6.61 Å². The number of aliphatic hydroxyl groups is 1. The molecule has 0 aliphatic carbocycles. The molecule has 0 aliphatic rings. The van der Waals surface area contributed by atoms with E-state index in [9.17, 15) is 9.90 Å². The summed E-state index contributed by atoms with van der Waals surface area (Å²) in [4.78, 5) is 10.7. The fourth-order valence-electron chi connectivity index (χ4n) is 1.23. The summed E-state index contributed by atoms with van der Waals surface area (Å²) in [6.45, 7) is 3.80. The van der Waals surface area contributed by atoms with Crippen LogP contribution in [0.2, 0.25) is 0 Å². The number of carbonyl (C=O) groups is 1. The number of rotatable bonds is 4. The smallest absolute Gasteiger partial charge is 0.155 e. The molecule has 0 saturated carbocycles. The van der Waals surface area contributed by atoms with Gasteiger partial charge in [-0.05, 0) is 19.9 Å². The Hall–Kier alpha value is -1.35. The Morgan fingerprint density at radius 3 is 2.71 bits per heavy atom. The van der Waals surface area contributed by atoms with E-state index in [1.54, 1.807) is 24.3 Å². The number of hydrogen-bond donors (Lipinski definition) is 1. The van der Waals surface area contributed by atoms with Crippen LogP contribution in [0, 0.1) is 0 Å². The third kappa shape index (κ3) is 2.12. The van der Waals surface area contributed by atoms with Crippen molar-refractivity contribution in [1.82, 2.24) is 0 Å². The summed E-state index contributed by atoms with van der Waals surface area (Å²) in [6, 6.07) is 6.97. The molecule has 0 radical (unpaired) electrons. The molecule has 1 rings (SSSR count). The fourth-order valence-corrected chi connectivity index (χ4v) is 1.23. The maximum absolute atomic E-state index is 10.7. The highest BCUT2D eigenvalue weighted by Crippen LogP contribution is 2.28. The molecule has 1 unspecified atom stereocenters. The summed E-state index contributed by atoms with van der Waals surface area (Å²) >= 11 is 0. The predicted octanol–water partition coefficient (Wildman–Crippen LogP) is 1.49. The van der Waals surface area contributed by atoms with Crippen molar-refractivity contribution in [3.63, 3.8) is 0 Å². The van der Waals surface area contributed by atoms with E-state index < -0.39 is 5.60 Å². The van der Waals surface area contributed by atoms with E-state index in [2.05, 4.69) is 0 Å². The average molecular weight is 194 g/mol. The summed E-state index contributed by atoms with van der Waals surface area (Å²) in [5, 5.41) is 9.75. The lowest BCUT2D eigenvalue weighted by molar-refractivity contribution is -0.123. The number of benzene rings is 1. The Bertz CT molecular complexity index is 318. The van der Waals surface area contributed by atoms with Crippen LogP contribution in [0.5, 0.6) is 5.75 Å². The minimum absolute atomic E-state index is 0.497. The quantitative estimate of drug-likeness (QED) is 0.739. The molecule has 1 N–H and O–H groups in total. The van der Waals surface area contributed by atoms with E-state index in [-0.39, 0.29) is 0 Å². The number of ether oxygens (including phenoxy) is 1. The predicted molar refractivity (Wildman–Crippen MR) is 53.2 cm³/mol. The van der Waals surface area contributed by atoms with Crippen molar-refractivity contribution in [2.24, 2.45) is 0 Å². The van der Waals surface area contributed by atoms with Crippen LogP contribution >= 0.6 is 0 Å². The molecule has 3 heteroatoms. The molecule has 1 atom stereocenters. The van der Waals surface area contributed by atoms with E-state index >= 15 is 0 Å². The van der Waals surface area contributed by atoms with E-state index in [1.807, 2.05) is 6.92 Å². The lowest BCUT2D eigenvalue weighted by atomic mass is 9.97. The van der Waals surface area contributed by atoms with E-state index in [1.165, 1.54) is 6.92 Å². The van der Waals surface area contributed by atoms with Gasteiger partial charge in [0, 0.05) is 5.56 Å². The molecule has 14 heavy (non-hydrogen) atoms. The van der Waals surface area contributed by atoms with Crippen LogP contribution in [-0.4, -0.2) is 18.0 Å². The van der Waals surface area contributed by atoms with Crippen molar-refractivity contribution in [3.8, 4) is 5.75 Å². The first kappa shape index (κ1) is 10.7. The highest BCUT2D eigenvalue weighted by molar-refractivity contribution is 5.67. The number of hydrogen-bond acceptors (Lipinski definition) is 3. The van der Waals surface area contributed by atoms with Crippen LogP contribution in [0.4, 0.5) is 0 Å². The third-order valence-electron chi connectivity index (χ3n) is 1.96. The molecule has 0 aromatic heterocycles. The zero-order valence-corrected chi connectivity index (χ0v) is 8.36. The second-order valence-corrected chi connectivity index (χ2v) is 3.19. The molecule has 0 amide bonds.